The van der Waals surface area contributed by atoms with Crippen LogP contribution in [0.25, 0.3) is 22.0 Å². The number of halogens is 2. The molecule has 0 aliphatic carbocycles. The van der Waals surface area contributed by atoms with Crippen LogP contribution in [0.3, 0.4) is 0 Å². The molecule has 0 atom stereocenters. The van der Waals surface area contributed by atoms with Gasteiger partial charge in [0, 0.05) is 26.6 Å². The van der Waals surface area contributed by atoms with E-state index in [-0.39, 0.29) is 0 Å². The Bertz CT molecular complexity index is 791. The van der Waals surface area contributed by atoms with Crippen LogP contribution in [0.1, 0.15) is 11.1 Å². The minimum absolute atomic E-state index is 0.753. The molecule has 0 bridgehead atoms. The summed E-state index contributed by atoms with van der Waals surface area (Å²) in [4.78, 5) is 4.44. The second-order valence-electron chi connectivity index (χ2n) is 4.91. The number of benzene rings is 2. The van der Waals surface area contributed by atoms with E-state index in [0.717, 1.165) is 26.0 Å². The van der Waals surface area contributed by atoms with Gasteiger partial charge in [-0.15, -0.1) is 0 Å². The molecule has 0 spiro atoms. The van der Waals surface area contributed by atoms with Crippen LogP contribution >= 0.6 is 27.5 Å². The van der Waals surface area contributed by atoms with Gasteiger partial charge in [-0.25, -0.2) is 0 Å². The maximum Gasteiger partial charge on any atom is 0.0720 e. The van der Waals surface area contributed by atoms with Crippen molar-refractivity contribution in [1.82, 2.24) is 4.98 Å². The zero-order valence-corrected chi connectivity index (χ0v) is 13.6. The van der Waals surface area contributed by atoms with E-state index in [1.807, 2.05) is 12.1 Å². The average molecular weight is 347 g/mol. The van der Waals surface area contributed by atoms with Crippen LogP contribution in [0.2, 0.25) is 5.02 Å². The highest BCUT2D eigenvalue weighted by Gasteiger charge is 2.12. The first-order valence-electron chi connectivity index (χ1n) is 6.38. The molecule has 1 heterocycles. The third kappa shape index (κ3) is 2.23. The van der Waals surface area contributed by atoms with Crippen LogP contribution in [-0.4, -0.2) is 4.98 Å². The summed E-state index contributed by atoms with van der Waals surface area (Å²) >= 11 is 10.0. The van der Waals surface area contributed by atoms with Gasteiger partial charge in [0.15, 0.2) is 0 Å². The average Bonchev–Trinajstić information content (AvgIpc) is 2.40. The lowest BCUT2D eigenvalue weighted by atomic mass is 9.95. The third-order valence-corrected chi connectivity index (χ3v) is 4.53. The first-order valence-corrected chi connectivity index (χ1v) is 7.55. The zero-order chi connectivity index (χ0) is 14.3. The molecule has 0 amide bonds. The Kier molecular flexibility index (Phi) is 3.53. The molecular weight excluding hydrogens is 334 g/mol. The largest absolute Gasteiger partial charge is 0.256 e. The molecule has 1 nitrogen and oxygen atoms in total. The summed E-state index contributed by atoms with van der Waals surface area (Å²) in [5.41, 5.74) is 5.63. The van der Waals surface area contributed by atoms with Gasteiger partial charge in [0.05, 0.1) is 5.52 Å². The van der Waals surface area contributed by atoms with Crippen LogP contribution in [0.5, 0.6) is 0 Å². The highest BCUT2D eigenvalue weighted by molar-refractivity contribution is 9.10. The molecule has 0 radical (unpaired) electrons. The highest BCUT2D eigenvalue weighted by Crippen LogP contribution is 2.36. The van der Waals surface area contributed by atoms with Crippen molar-refractivity contribution in [2.75, 3.05) is 0 Å². The van der Waals surface area contributed by atoms with Crippen LogP contribution in [0.15, 0.2) is 47.1 Å². The number of nitrogens with zero attached hydrogens (tertiary/aromatic N) is 1. The zero-order valence-electron chi connectivity index (χ0n) is 11.2. The fourth-order valence-electron chi connectivity index (χ4n) is 2.56. The van der Waals surface area contributed by atoms with Gasteiger partial charge in [-0.3, -0.25) is 4.98 Å². The number of aromatic nitrogens is 1. The minimum atomic E-state index is 0.753. The molecule has 3 rings (SSSR count). The van der Waals surface area contributed by atoms with Crippen LogP contribution in [-0.2, 0) is 0 Å². The van der Waals surface area contributed by atoms with Crippen molar-refractivity contribution < 1.29 is 0 Å². The van der Waals surface area contributed by atoms with E-state index in [0.29, 0.717) is 0 Å². The van der Waals surface area contributed by atoms with Crippen LogP contribution in [0, 0.1) is 13.8 Å². The molecule has 0 aliphatic rings. The number of hydrogen-bond donors (Lipinski definition) is 0. The molecule has 3 heteroatoms. The standard InChI is InChI=1S/C17H13BrClN/c1-10-4-3-5-11(2)17(10)13-9-16-12(8-15(13)19)14(18)6-7-20-16/h3-9H,1-2H3. The van der Waals surface area contributed by atoms with E-state index in [1.165, 1.54) is 16.7 Å². The Balaban J connectivity index is 2.35. The summed E-state index contributed by atoms with van der Waals surface area (Å²) in [6.45, 7) is 4.22. The van der Waals surface area contributed by atoms with Crippen molar-refractivity contribution in [2.45, 2.75) is 13.8 Å². The lowest BCUT2D eigenvalue weighted by Crippen LogP contribution is -1.90. The summed E-state index contributed by atoms with van der Waals surface area (Å²) in [5, 5.41) is 1.79. The second-order valence-corrected chi connectivity index (χ2v) is 6.17. The van der Waals surface area contributed by atoms with Gasteiger partial charge in [-0.2, -0.15) is 0 Å². The third-order valence-electron chi connectivity index (χ3n) is 3.53. The Morgan fingerprint density at radius 2 is 1.75 bits per heavy atom. The molecule has 0 unspecified atom stereocenters. The van der Waals surface area contributed by atoms with E-state index >= 15 is 0 Å². The van der Waals surface area contributed by atoms with Gasteiger partial charge in [0.25, 0.3) is 0 Å². The van der Waals surface area contributed by atoms with E-state index in [9.17, 15) is 0 Å². The lowest BCUT2D eigenvalue weighted by Gasteiger charge is -2.13. The van der Waals surface area contributed by atoms with E-state index < -0.39 is 0 Å². The number of hydrogen-bond acceptors (Lipinski definition) is 1. The second kappa shape index (κ2) is 5.19. The topological polar surface area (TPSA) is 12.9 Å². The van der Waals surface area contributed by atoms with Gasteiger partial charge < -0.3 is 0 Å². The molecule has 100 valence electrons. The van der Waals surface area contributed by atoms with Gasteiger partial charge >= 0.3 is 0 Å². The maximum atomic E-state index is 6.51. The number of pyridine rings is 1. The van der Waals surface area contributed by atoms with E-state index in [2.05, 4.69) is 59.0 Å². The minimum Gasteiger partial charge on any atom is -0.256 e. The summed E-state index contributed by atoms with van der Waals surface area (Å²) in [5.74, 6) is 0. The lowest BCUT2D eigenvalue weighted by molar-refractivity contribution is 1.37. The van der Waals surface area contributed by atoms with E-state index in [4.69, 9.17) is 11.6 Å². The van der Waals surface area contributed by atoms with Crippen molar-refractivity contribution in [3.8, 4) is 11.1 Å². The van der Waals surface area contributed by atoms with Gasteiger partial charge in [-0.1, -0.05) is 45.7 Å². The van der Waals surface area contributed by atoms with Crippen molar-refractivity contribution in [1.29, 1.82) is 0 Å². The smallest absolute Gasteiger partial charge is 0.0720 e. The molecule has 0 N–H and O–H groups in total. The number of aryl methyl sites for hydroxylation is 2. The quantitative estimate of drug-likeness (QED) is 0.532. The number of fused-ring (bicyclic) bond motifs is 1. The van der Waals surface area contributed by atoms with Gasteiger partial charge in [-0.05, 0) is 48.7 Å². The predicted molar refractivity (Wildman–Crippen MR) is 89.4 cm³/mol. The number of rotatable bonds is 1. The Labute approximate surface area is 131 Å². The Hall–Kier alpha value is -1.38. The summed E-state index contributed by atoms with van der Waals surface area (Å²) in [7, 11) is 0. The fourth-order valence-corrected chi connectivity index (χ4v) is 3.26. The normalized spacial score (nSPS) is 11.0. The Morgan fingerprint density at radius 1 is 1.05 bits per heavy atom. The molecule has 0 saturated heterocycles. The molecule has 0 aliphatic heterocycles. The molecule has 0 saturated carbocycles. The summed E-state index contributed by atoms with van der Waals surface area (Å²) < 4.78 is 1.01. The van der Waals surface area contributed by atoms with Crippen molar-refractivity contribution in [3.63, 3.8) is 0 Å². The van der Waals surface area contributed by atoms with Gasteiger partial charge in [0.1, 0.15) is 0 Å². The molecule has 3 aromatic rings. The predicted octanol–water partition coefficient (Wildman–Crippen LogP) is 5.93. The van der Waals surface area contributed by atoms with Crippen molar-refractivity contribution >= 4 is 38.4 Å². The van der Waals surface area contributed by atoms with Crippen LogP contribution < -0.4 is 0 Å². The first-order chi connectivity index (χ1) is 9.58. The van der Waals surface area contributed by atoms with Crippen LogP contribution in [0.4, 0.5) is 0 Å². The Morgan fingerprint density at radius 3 is 2.45 bits per heavy atom. The first kappa shape index (κ1) is 13.6. The van der Waals surface area contributed by atoms with Crippen molar-refractivity contribution in [2.24, 2.45) is 0 Å². The summed E-state index contributed by atoms with van der Waals surface area (Å²) in [6.07, 6.45) is 1.80. The highest BCUT2D eigenvalue weighted by atomic mass is 79.9. The summed E-state index contributed by atoms with van der Waals surface area (Å²) in [6, 6.07) is 12.3. The molecular formula is C17H13BrClN. The monoisotopic (exact) mass is 345 g/mol. The molecule has 1 aromatic heterocycles. The SMILES string of the molecule is Cc1cccc(C)c1-c1cc2nccc(Br)c2cc1Cl. The molecule has 2 aromatic carbocycles. The van der Waals surface area contributed by atoms with Gasteiger partial charge in [0.2, 0.25) is 0 Å². The molecule has 20 heavy (non-hydrogen) atoms. The molecule has 0 fully saturated rings. The van der Waals surface area contributed by atoms with E-state index in [1.54, 1.807) is 6.20 Å². The maximum absolute atomic E-state index is 6.51. The fraction of sp³-hybridized carbons (Fsp3) is 0.118. The van der Waals surface area contributed by atoms with Crippen molar-refractivity contribution in [3.05, 3.63) is 63.2 Å².